The van der Waals surface area contributed by atoms with Crippen molar-refractivity contribution in [1.29, 1.82) is 0 Å². The molecule has 0 aliphatic heterocycles. The lowest BCUT2D eigenvalue weighted by Crippen LogP contribution is -2.29. The number of ether oxygens (including phenoxy) is 2. The van der Waals surface area contributed by atoms with E-state index in [0.29, 0.717) is 5.92 Å². The predicted octanol–water partition coefficient (Wildman–Crippen LogP) is 2.49. The first-order valence-electron chi connectivity index (χ1n) is 6.19. The van der Waals surface area contributed by atoms with Crippen molar-refractivity contribution in [1.82, 2.24) is 5.32 Å². The van der Waals surface area contributed by atoms with Crippen LogP contribution in [0, 0.1) is 5.92 Å². The Hall–Kier alpha value is -0.420. The molecule has 0 heterocycles. The molecule has 0 amide bonds. The number of rotatable bonds is 9. The first-order valence-corrected chi connectivity index (χ1v) is 6.98. The maximum atomic E-state index is 5.28. The molecule has 0 aliphatic carbocycles. The summed E-state index contributed by atoms with van der Waals surface area (Å²) >= 11 is 3.50. The number of hydrogen-bond donors (Lipinski definition) is 1. The molecule has 0 fully saturated rings. The molecule has 0 bridgehead atoms. The maximum Gasteiger partial charge on any atom is 0.0587 e. The molecule has 0 aromatic heterocycles. The van der Waals surface area contributed by atoms with Crippen LogP contribution in [-0.4, -0.2) is 40.5 Å². The number of benzene rings is 1. The van der Waals surface area contributed by atoms with Crippen LogP contribution < -0.4 is 5.32 Å². The van der Waals surface area contributed by atoms with Crippen LogP contribution in [0.3, 0.4) is 0 Å². The van der Waals surface area contributed by atoms with Crippen LogP contribution >= 0.6 is 15.9 Å². The molecule has 1 rings (SSSR count). The zero-order valence-electron chi connectivity index (χ0n) is 11.1. The van der Waals surface area contributed by atoms with Crippen LogP contribution in [0.15, 0.2) is 28.7 Å². The van der Waals surface area contributed by atoms with E-state index in [1.54, 1.807) is 14.2 Å². The zero-order valence-corrected chi connectivity index (χ0v) is 12.7. The quantitative estimate of drug-likeness (QED) is 0.710. The van der Waals surface area contributed by atoms with Crippen molar-refractivity contribution < 1.29 is 9.47 Å². The highest BCUT2D eigenvalue weighted by molar-refractivity contribution is 9.10. The Morgan fingerprint density at radius 1 is 1.28 bits per heavy atom. The molecule has 0 saturated heterocycles. The normalized spacial score (nSPS) is 12.6. The van der Waals surface area contributed by atoms with Gasteiger partial charge in [-0.2, -0.15) is 0 Å². The molecule has 4 heteroatoms. The van der Waals surface area contributed by atoms with E-state index in [0.717, 1.165) is 37.2 Å². The summed E-state index contributed by atoms with van der Waals surface area (Å²) in [7, 11) is 3.47. The van der Waals surface area contributed by atoms with Gasteiger partial charge in [0.1, 0.15) is 0 Å². The van der Waals surface area contributed by atoms with Crippen molar-refractivity contribution in [2.24, 2.45) is 5.92 Å². The lowest BCUT2D eigenvalue weighted by atomic mass is 10.00. The van der Waals surface area contributed by atoms with Gasteiger partial charge in [0, 0.05) is 31.8 Å². The second-order valence-electron chi connectivity index (χ2n) is 4.35. The first kappa shape index (κ1) is 15.6. The maximum absolute atomic E-state index is 5.28. The van der Waals surface area contributed by atoms with Gasteiger partial charge in [0.25, 0.3) is 0 Å². The minimum absolute atomic E-state index is 0.487. The second kappa shape index (κ2) is 9.50. The van der Waals surface area contributed by atoms with E-state index in [1.807, 2.05) is 6.07 Å². The predicted molar refractivity (Wildman–Crippen MR) is 78.0 cm³/mol. The fourth-order valence-corrected chi connectivity index (χ4v) is 2.35. The minimum Gasteiger partial charge on any atom is -0.384 e. The summed E-state index contributed by atoms with van der Waals surface area (Å²) in [5, 5.41) is 3.39. The summed E-state index contributed by atoms with van der Waals surface area (Å²) in [6, 6.07) is 8.44. The highest BCUT2D eigenvalue weighted by Crippen LogP contribution is 2.15. The van der Waals surface area contributed by atoms with Crippen LogP contribution in [0.5, 0.6) is 0 Å². The molecule has 0 saturated carbocycles. The van der Waals surface area contributed by atoms with Crippen LogP contribution in [0.1, 0.15) is 5.56 Å². The first-order chi connectivity index (χ1) is 8.76. The van der Waals surface area contributed by atoms with Gasteiger partial charge in [-0.3, -0.25) is 0 Å². The number of methoxy groups -OCH3 is 2. The lowest BCUT2D eigenvalue weighted by Gasteiger charge is -2.17. The van der Waals surface area contributed by atoms with E-state index in [9.17, 15) is 0 Å². The van der Waals surface area contributed by atoms with Gasteiger partial charge < -0.3 is 14.8 Å². The molecule has 1 aromatic rings. The summed E-state index contributed by atoms with van der Waals surface area (Å²) in [5.74, 6) is 0.487. The van der Waals surface area contributed by atoms with Gasteiger partial charge in [0.15, 0.2) is 0 Å². The van der Waals surface area contributed by atoms with E-state index in [4.69, 9.17) is 9.47 Å². The Morgan fingerprint density at radius 3 is 2.78 bits per heavy atom. The zero-order chi connectivity index (χ0) is 13.2. The van der Waals surface area contributed by atoms with Crippen LogP contribution in [0.2, 0.25) is 0 Å². The van der Waals surface area contributed by atoms with Crippen LogP contribution in [0.25, 0.3) is 0 Å². The molecule has 0 radical (unpaired) electrons. The molecule has 18 heavy (non-hydrogen) atoms. The van der Waals surface area contributed by atoms with Crippen molar-refractivity contribution in [3.8, 4) is 0 Å². The van der Waals surface area contributed by atoms with Gasteiger partial charge in [0.2, 0.25) is 0 Å². The van der Waals surface area contributed by atoms with Crippen LogP contribution in [-0.2, 0) is 15.9 Å². The van der Waals surface area contributed by atoms with Crippen molar-refractivity contribution in [3.05, 3.63) is 34.3 Å². The molecule has 1 N–H and O–H groups in total. The van der Waals surface area contributed by atoms with E-state index >= 15 is 0 Å². The van der Waals surface area contributed by atoms with Gasteiger partial charge in [0.05, 0.1) is 13.2 Å². The summed E-state index contributed by atoms with van der Waals surface area (Å²) in [6.45, 7) is 3.35. The summed E-state index contributed by atoms with van der Waals surface area (Å²) in [5.41, 5.74) is 1.33. The third-order valence-corrected chi connectivity index (χ3v) is 3.23. The third kappa shape index (κ3) is 6.50. The minimum atomic E-state index is 0.487. The van der Waals surface area contributed by atoms with E-state index in [2.05, 4.69) is 39.4 Å². The SMILES string of the molecule is COCCNCC(COC)Cc1cccc(Br)c1. The molecular weight excluding hydrogens is 294 g/mol. The van der Waals surface area contributed by atoms with E-state index < -0.39 is 0 Å². The van der Waals surface area contributed by atoms with Crippen molar-refractivity contribution >= 4 is 15.9 Å². The molecule has 0 aliphatic rings. The Labute approximate surface area is 118 Å². The Balaban J connectivity index is 2.41. The van der Waals surface area contributed by atoms with E-state index in [-0.39, 0.29) is 0 Å². The molecule has 1 unspecified atom stereocenters. The number of nitrogens with one attached hydrogen (secondary N) is 1. The Bertz CT molecular complexity index is 333. The Morgan fingerprint density at radius 2 is 2.11 bits per heavy atom. The number of halogens is 1. The second-order valence-corrected chi connectivity index (χ2v) is 5.27. The topological polar surface area (TPSA) is 30.5 Å². The van der Waals surface area contributed by atoms with Gasteiger partial charge in [-0.05, 0) is 30.0 Å². The van der Waals surface area contributed by atoms with Crippen molar-refractivity contribution in [2.75, 3.05) is 40.5 Å². The molecule has 1 aromatic carbocycles. The third-order valence-electron chi connectivity index (χ3n) is 2.73. The van der Waals surface area contributed by atoms with Gasteiger partial charge in [-0.25, -0.2) is 0 Å². The fraction of sp³-hybridized carbons (Fsp3) is 0.571. The van der Waals surface area contributed by atoms with Crippen molar-refractivity contribution in [3.63, 3.8) is 0 Å². The molecule has 1 atom stereocenters. The number of hydrogen-bond acceptors (Lipinski definition) is 3. The van der Waals surface area contributed by atoms with E-state index in [1.165, 1.54) is 5.56 Å². The average molecular weight is 316 g/mol. The molecular formula is C14H22BrNO2. The molecule has 3 nitrogen and oxygen atoms in total. The van der Waals surface area contributed by atoms with Gasteiger partial charge in [-0.1, -0.05) is 28.1 Å². The average Bonchev–Trinajstić information content (AvgIpc) is 2.35. The standard InChI is InChI=1S/C14H22BrNO2/c1-17-7-6-16-10-13(11-18-2)8-12-4-3-5-14(15)9-12/h3-5,9,13,16H,6-8,10-11H2,1-2H3. The fourth-order valence-electron chi connectivity index (χ4n) is 1.90. The van der Waals surface area contributed by atoms with Crippen molar-refractivity contribution in [2.45, 2.75) is 6.42 Å². The highest BCUT2D eigenvalue weighted by atomic mass is 79.9. The molecule has 102 valence electrons. The summed E-state index contributed by atoms with van der Waals surface area (Å²) < 4.78 is 11.4. The molecule has 0 spiro atoms. The Kier molecular flexibility index (Phi) is 8.25. The van der Waals surface area contributed by atoms with Gasteiger partial charge in [-0.15, -0.1) is 0 Å². The highest BCUT2D eigenvalue weighted by Gasteiger charge is 2.09. The lowest BCUT2D eigenvalue weighted by molar-refractivity contribution is 0.147. The largest absolute Gasteiger partial charge is 0.384 e. The summed E-state index contributed by atoms with van der Waals surface area (Å²) in [4.78, 5) is 0. The van der Waals surface area contributed by atoms with Gasteiger partial charge >= 0.3 is 0 Å². The monoisotopic (exact) mass is 315 g/mol. The smallest absolute Gasteiger partial charge is 0.0587 e. The van der Waals surface area contributed by atoms with Crippen LogP contribution in [0.4, 0.5) is 0 Å². The summed E-state index contributed by atoms with van der Waals surface area (Å²) in [6.07, 6.45) is 1.02.